The molecular formula is C19H14O2S. The van der Waals surface area contributed by atoms with Gasteiger partial charge in [-0.25, -0.2) is 0 Å². The van der Waals surface area contributed by atoms with Gasteiger partial charge in [-0.2, -0.15) is 0 Å². The smallest absolute Gasteiger partial charge is 0.175 e. The van der Waals surface area contributed by atoms with E-state index >= 15 is 0 Å². The monoisotopic (exact) mass is 306 g/mol. The minimum atomic E-state index is -0.721. The molecular weight excluding hydrogens is 292 g/mol. The number of thiophene rings is 1. The summed E-state index contributed by atoms with van der Waals surface area (Å²) in [4.78, 5) is 13.8. The molecule has 0 saturated carbocycles. The molecule has 22 heavy (non-hydrogen) atoms. The summed E-state index contributed by atoms with van der Waals surface area (Å²) in [7, 11) is 0. The highest BCUT2D eigenvalue weighted by Gasteiger charge is 2.44. The largest absolute Gasteiger partial charge is 0.476 e. The van der Waals surface area contributed by atoms with Crippen molar-refractivity contribution in [3.63, 3.8) is 0 Å². The summed E-state index contributed by atoms with van der Waals surface area (Å²) in [5, 5.41) is 2.02. The average molecular weight is 306 g/mol. The van der Waals surface area contributed by atoms with Crippen LogP contribution >= 0.6 is 11.3 Å². The number of carbonyl (C=O) groups excluding carboxylic acids is 1. The Morgan fingerprint density at radius 2 is 1.68 bits per heavy atom. The van der Waals surface area contributed by atoms with Crippen LogP contribution in [0.4, 0.5) is 0 Å². The molecule has 1 unspecified atom stereocenters. The molecule has 0 amide bonds. The van der Waals surface area contributed by atoms with Crippen molar-refractivity contribution in [3.8, 4) is 5.75 Å². The van der Waals surface area contributed by atoms with Gasteiger partial charge >= 0.3 is 0 Å². The lowest BCUT2D eigenvalue weighted by Crippen LogP contribution is -2.39. The van der Waals surface area contributed by atoms with E-state index in [1.54, 1.807) is 11.3 Å². The lowest BCUT2D eigenvalue weighted by Gasteiger charge is -2.37. The molecule has 2 nitrogen and oxygen atoms in total. The maximum Gasteiger partial charge on any atom is 0.175 e. The molecule has 4 rings (SSSR count). The second kappa shape index (κ2) is 5.11. The third kappa shape index (κ3) is 1.97. The highest BCUT2D eigenvalue weighted by molar-refractivity contribution is 7.10. The zero-order valence-electron chi connectivity index (χ0n) is 11.9. The molecule has 2 aromatic carbocycles. The predicted octanol–water partition coefficient (Wildman–Crippen LogP) is 4.66. The standard InChI is InChI=1S/C19H14O2S/c20-16-13-19(18-11-6-12-22-18,14-7-2-1-3-8-14)21-17-10-5-4-9-15(16)17/h1-12H,13H2. The zero-order valence-corrected chi connectivity index (χ0v) is 12.7. The van der Waals surface area contributed by atoms with Gasteiger partial charge < -0.3 is 4.74 Å². The topological polar surface area (TPSA) is 26.3 Å². The fourth-order valence-corrected chi connectivity index (χ4v) is 3.87. The van der Waals surface area contributed by atoms with E-state index in [0.29, 0.717) is 17.7 Å². The molecule has 1 aliphatic rings. The Balaban J connectivity index is 1.93. The number of carbonyl (C=O) groups is 1. The van der Waals surface area contributed by atoms with E-state index < -0.39 is 5.60 Å². The summed E-state index contributed by atoms with van der Waals surface area (Å²) in [6.07, 6.45) is 0.328. The molecule has 0 spiro atoms. The molecule has 0 N–H and O–H groups in total. The van der Waals surface area contributed by atoms with Crippen LogP contribution in [-0.2, 0) is 5.60 Å². The molecule has 3 aromatic rings. The van der Waals surface area contributed by atoms with Gasteiger partial charge in [-0.05, 0) is 23.6 Å². The van der Waals surface area contributed by atoms with Crippen molar-refractivity contribution in [1.82, 2.24) is 0 Å². The van der Waals surface area contributed by atoms with Crippen molar-refractivity contribution < 1.29 is 9.53 Å². The van der Waals surface area contributed by atoms with Crippen molar-refractivity contribution >= 4 is 17.1 Å². The maximum atomic E-state index is 12.7. The molecule has 0 fully saturated rings. The summed E-state index contributed by atoms with van der Waals surface area (Å²) >= 11 is 1.62. The number of hydrogen-bond acceptors (Lipinski definition) is 3. The third-order valence-corrected chi connectivity index (χ3v) is 5.05. The van der Waals surface area contributed by atoms with Gasteiger partial charge in [0.05, 0.1) is 16.9 Å². The van der Waals surface area contributed by atoms with Crippen LogP contribution in [0.25, 0.3) is 0 Å². The fourth-order valence-electron chi connectivity index (χ4n) is 2.99. The number of Topliss-reactive ketones (excluding diaryl/α,β-unsaturated/α-hetero) is 1. The molecule has 3 heteroatoms. The number of para-hydroxylation sites is 1. The summed E-state index contributed by atoms with van der Waals surface area (Å²) < 4.78 is 6.41. The van der Waals surface area contributed by atoms with Gasteiger partial charge in [0.1, 0.15) is 5.75 Å². The van der Waals surface area contributed by atoms with Gasteiger partial charge in [0.2, 0.25) is 0 Å². The fraction of sp³-hybridized carbons (Fsp3) is 0.105. The summed E-state index contributed by atoms with van der Waals surface area (Å²) in [5.74, 6) is 0.787. The van der Waals surface area contributed by atoms with Crippen LogP contribution in [0.5, 0.6) is 5.75 Å². The lowest BCUT2D eigenvalue weighted by atomic mass is 9.83. The lowest BCUT2D eigenvalue weighted by molar-refractivity contribution is 0.0633. The molecule has 0 aliphatic carbocycles. The number of rotatable bonds is 2. The quantitative estimate of drug-likeness (QED) is 0.688. The van der Waals surface area contributed by atoms with E-state index in [2.05, 4.69) is 0 Å². The summed E-state index contributed by atoms with van der Waals surface area (Å²) in [6, 6.07) is 21.5. The van der Waals surface area contributed by atoms with Gasteiger partial charge in [0, 0.05) is 5.56 Å². The number of benzene rings is 2. The van der Waals surface area contributed by atoms with Crippen LogP contribution in [0, 0.1) is 0 Å². The molecule has 2 heterocycles. The van der Waals surface area contributed by atoms with E-state index in [9.17, 15) is 4.79 Å². The highest BCUT2D eigenvalue weighted by atomic mass is 32.1. The van der Waals surface area contributed by atoms with Crippen LogP contribution in [-0.4, -0.2) is 5.78 Å². The molecule has 0 bridgehead atoms. The number of hydrogen-bond donors (Lipinski definition) is 0. The maximum absolute atomic E-state index is 12.7. The molecule has 108 valence electrons. The van der Waals surface area contributed by atoms with Gasteiger partial charge in [0.15, 0.2) is 11.4 Å². The Morgan fingerprint density at radius 3 is 2.45 bits per heavy atom. The van der Waals surface area contributed by atoms with Gasteiger partial charge in [-0.3, -0.25) is 4.79 Å². The number of ether oxygens (including phenoxy) is 1. The van der Waals surface area contributed by atoms with Crippen molar-refractivity contribution in [2.24, 2.45) is 0 Å². The Kier molecular flexibility index (Phi) is 3.09. The predicted molar refractivity (Wildman–Crippen MR) is 87.6 cm³/mol. The van der Waals surface area contributed by atoms with E-state index in [-0.39, 0.29) is 5.78 Å². The van der Waals surface area contributed by atoms with E-state index in [0.717, 1.165) is 10.4 Å². The number of fused-ring (bicyclic) bond motifs is 1. The first kappa shape index (κ1) is 13.3. The highest BCUT2D eigenvalue weighted by Crippen LogP contribution is 2.45. The van der Waals surface area contributed by atoms with E-state index in [1.807, 2.05) is 72.1 Å². The first-order chi connectivity index (χ1) is 10.8. The van der Waals surface area contributed by atoms with Crippen LogP contribution in [0.1, 0.15) is 27.2 Å². The number of ketones is 1. The average Bonchev–Trinajstić information content (AvgIpc) is 3.10. The molecule has 0 saturated heterocycles. The van der Waals surface area contributed by atoms with E-state index in [4.69, 9.17) is 4.74 Å². The normalized spacial score (nSPS) is 20.3. The van der Waals surface area contributed by atoms with Crippen molar-refractivity contribution in [1.29, 1.82) is 0 Å². The summed E-state index contributed by atoms with van der Waals surface area (Å²) in [6.45, 7) is 0. The molecule has 1 aromatic heterocycles. The molecule has 1 atom stereocenters. The second-order valence-corrected chi connectivity index (χ2v) is 6.32. The molecule has 1 aliphatic heterocycles. The Morgan fingerprint density at radius 1 is 0.909 bits per heavy atom. The van der Waals surface area contributed by atoms with Crippen molar-refractivity contribution in [3.05, 3.63) is 88.1 Å². The van der Waals surface area contributed by atoms with Gasteiger partial charge in [-0.15, -0.1) is 11.3 Å². The molecule has 0 radical (unpaired) electrons. The third-order valence-electron chi connectivity index (χ3n) is 4.04. The van der Waals surface area contributed by atoms with Crippen molar-refractivity contribution in [2.45, 2.75) is 12.0 Å². The van der Waals surface area contributed by atoms with Gasteiger partial charge in [-0.1, -0.05) is 48.5 Å². The van der Waals surface area contributed by atoms with Crippen LogP contribution < -0.4 is 4.74 Å². The first-order valence-electron chi connectivity index (χ1n) is 7.20. The summed E-state index contributed by atoms with van der Waals surface area (Å²) in [5.41, 5.74) is 0.965. The van der Waals surface area contributed by atoms with Gasteiger partial charge in [0.25, 0.3) is 0 Å². The van der Waals surface area contributed by atoms with E-state index in [1.165, 1.54) is 0 Å². The van der Waals surface area contributed by atoms with Crippen LogP contribution in [0.3, 0.4) is 0 Å². The van der Waals surface area contributed by atoms with Crippen LogP contribution in [0.2, 0.25) is 0 Å². The Bertz CT molecular complexity index is 808. The Labute approximate surface area is 133 Å². The Hall–Kier alpha value is -2.39. The SMILES string of the molecule is O=C1CC(c2ccccc2)(c2cccs2)Oc2ccccc21. The zero-order chi connectivity index (χ0) is 15.0. The minimum Gasteiger partial charge on any atom is -0.476 e. The second-order valence-electron chi connectivity index (χ2n) is 5.37. The minimum absolute atomic E-state index is 0.124. The van der Waals surface area contributed by atoms with Crippen molar-refractivity contribution in [2.75, 3.05) is 0 Å². The first-order valence-corrected chi connectivity index (χ1v) is 8.08. The van der Waals surface area contributed by atoms with Crippen LogP contribution in [0.15, 0.2) is 72.1 Å².